The van der Waals surface area contributed by atoms with Gasteiger partial charge in [0, 0.05) is 37.6 Å². The molecule has 26 heavy (non-hydrogen) atoms. The molecular formula is C22H30N2O2. The Bertz CT molecular complexity index is 673. The Labute approximate surface area is 156 Å². The minimum atomic E-state index is 0.404. The van der Waals surface area contributed by atoms with Gasteiger partial charge in [0.05, 0.1) is 0 Å². The minimum absolute atomic E-state index is 0.404. The van der Waals surface area contributed by atoms with Crippen LogP contribution in [0.1, 0.15) is 37.8 Å². The van der Waals surface area contributed by atoms with Gasteiger partial charge in [-0.3, -0.25) is 0 Å². The molecule has 0 atom stereocenters. The lowest BCUT2D eigenvalue weighted by Crippen LogP contribution is -2.46. The van der Waals surface area contributed by atoms with Gasteiger partial charge in [-0.2, -0.15) is 0 Å². The van der Waals surface area contributed by atoms with Gasteiger partial charge in [0.25, 0.3) is 0 Å². The first-order valence-electron chi connectivity index (χ1n) is 9.76. The molecule has 3 rings (SSSR count). The molecule has 1 heterocycles. The largest absolute Gasteiger partial charge is 0.508 e. The number of phenolic OH excluding ortho intramolecular Hbond substituents is 2. The van der Waals surface area contributed by atoms with E-state index in [9.17, 15) is 10.2 Å². The number of rotatable bonds is 6. The molecular weight excluding hydrogens is 324 g/mol. The number of aryl methyl sites for hydroxylation is 2. The summed E-state index contributed by atoms with van der Waals surface area (Å²) in [5.74, 6) is 0.809. The van der Waals surface area contributed by atoms with Crippen molar-refractivity contribution in [3.63, 3.8) is 0 Å². The standard InChI is InChI=1S/C22H30N2O2/c1-3-5-17-15-19(7-9-21(17)25)23-11-13-24(14-12-23)20-8-10-22(26)18(16-20)6-4-2/h7-10,15-16,25-26H,3-6,11-14H2,1-2H3. The number of hydrogen-bond acceptors (Lipinski definition) is 4. The van der Waals surface area contributed by atoms with Gasteiger partial charge in [0.2, 0.25) is 0 Å². The van der Waals surface area contributed by atoms with Gasteiger partial charge in [-0.25, -0.2) is 0 Å². The van der Waals surface area contributed by atoms with Crippen LogP contribution in [-0.2, 0) is 12.8 Å². The molecule has 0 spiro atoms. The quantitative estimate of drug-likeness (QED) is 0.811. The summed E-state index contributed by atoms with van der Waals surface area (Å²) >= 11 is 0. The Morgan fingerprint density at radius 1 is 0.692 bits per heavy atom. The lowest BCUT2D eigenvalue weighted by Gasteiger charge is -2.37. The summed E-state index contributed by atoms with van der Waals surface area (Å²) in [4.78, 5) is 4.78. The molecule has 2 aromatic rings. The van der Waals surface area contributed by atoms with Crippen LogP contribution in [0.2, 0.25) is 0 Å². The Kier molecular flexibility index (Phi) is 5.92. The van der Waals surface area contributed by atoms with Crippen molar-refractivity contribution in [3.8, 4) is 11.5 Å². The summed E-state index contributed by atoms with van der Waals surface area (Å²) < 4.78 is 0. The Hall–Kier alpha value is -2.36. The highest BCUT2D eigenvalue weighted by Crippen LogP contribution is 2.29. The Balaban J connectivity index is 1.68. The average Bonchev–Trinajstić information content (AvgIpc) is 2.66. The lowest BCUT2D eigenvalue weighted by atomic mass is 10.1. The second-order valence-corrected chi connectivity index (χ2v) is 7.10. The van der Waals surface area contributed by atoms with E-state index in [1.165, 1.54) is 11.4 Å². The highest BCUT2D eigenvalue weighted by Gasteiger charge is 2.19. The molecule has 2 N–H and O–H groups in total. The molecule has 4 nitrogen and oxygen atoms in total. The fourth-order valence-electron chi connectivity index (χ4n) is 3.70. The molecule has 0 bridgehead atoms. The van der Waals surface area contributed by atoms with Crippen molar-refractivity contribution in [2.45, 2.75) is 39.5 Å². The summed E-state index contributed by atoms with van der Waals surface area (Å²) in [5.41, 5.74) is 4.47. The van der Waals surface area contributed by atoms with Crippen LogP contribution in [0.5, 0.6) is 11.5 Å². The van der Waals surface area contributed by atoms with Crippen LogP contribution in [0, 0.1) is 0 Å². The Morgan fingerprint density at radius 2 is 1.08 bits per heavy atom. The zero-order chi connectivity index (χ0) is 18.5. The molecule has 0 radical (unpaired) electrons. The minimum Gasteiger partial charge on any atom is -0.508 e. The fourth-order valence-corrected chi connectivity index (χ4v) is 3.70. The van der Waals surface area contributed by atoms with Gasteiger partial charge in [-0.05, 0) is 60.4 Å². The molecule has 1 aliphatic rings. The number of aromatic hydroxyl groups is 2. The van der Waals surface area contributed by atoms with Gasteiger partial charge in [0.15, 0.2) is 0 Å². The summed E-state index contributed by atoms with van der Waals surface area (Å²) in [6, 6.07) is 11.9. The van der Waals surface area contributed by atoms with Crippen molar-refractivity contribution < 1.29 is 10.2 Å². The highest BCUT2D eigenvalue weighted by molar-refractivity contribution is 5.57. The monoisotopic (exact) mass is 354 g/mol. The smallest absolute Gasteiger partial charge is 0.118 e. The van der Waals surface area contributed by atoms with Crippen LogP contribution in [0.3, 0.4) is 0 Å². The third kappa shape index (κ3) is 4.06. The molecule has 1 fully saturated rings. The zero-order valence-corrected chi connectivity index (χ0v) is 15.9. The number of hydrogen-bond donors (Lipinski definition) is 2. The Morgan fingerprint density at radius 3 is 1.42 bits per heavy atom. The van der Waals surface area contributed by atoms with Gasteiger partial charge in [-0.1, -0.05) is 26.7 Å². The van der Waals surface area contributed by atoms with E-state index < -0.39 is 0 Å². The zero-order valence-electron chi connectivity index (χ0n) is 15.9. The molecule has 0 amide bonds. The maximum Gasteiger partial charge on any atom is 0.118 e. The second-order valence-electron chi connectivity index (χ2n) is 7.10. The SMILES string of the molecule is CCCc1cc(N2CCN(c3ccc(O)c(CCC)c3)CC2)ccc1O. The second kappa shape index (κ2) is 8.35. The highest BCUT2D eigenvalue weighted by atomic mass is 16.3. The maximum absolute atomic E-state index is 10.0. The number of piperazine rings is 1. The van der Waals surface area contributed by atoms with E-state index in [1.807, 2.05) is 24.3 Å². The van der Waals surface area contributed by atoms with Crippen molar-refractivity contribution in [1.82, 2.24) is 0 Å². The van der Waals surface area contributed by atoms with Crippen LogP contribution >= 0.6 is 0 Å². The van der Waals surface area contributed by atoms with Gasteiger partial charge in [0.1, 0.15) is 11.5 Å². The molecule has 1 aliphatic heterocycles. The predicted octanol–water partition coefficient (Wildman–Crippen LogP) is 4.33. The summed E-state index contributed by atoms with van der Waals surface area (Å²) in [6.45, 7) is 8.10. The summed E-state index contributed by atoms with van der Waals surface area (Å²) in [6.07, 6.45) is 3.89. The predicted molar refractivity (Wildman–Crippen MR) is 109 cm³/mol. The van der Waals surface area contributed by atoms with Crippen molar-refractivity contribution in [1.29, 1.82) is 0 Å². The number of phenols is 2. The summed E-state index contributed by atoms with van der Waals surface area (Å²) in [5, 5.41) is 20.0. The van der Waals surface area contributed by atoms with E-state index in [1.54, 1.807) is 0 Å². The van der Waals surface area contributed by atoms with E-state index in [4.69, 9.17) is 0 Å². The molecule has 0 unspecified atom stereocenters. The molecule has 0 saturated carbocycles. The van der Waals surface area contributed by atoms with Crippen LogP contribution in [-0.4, -0.2) is 36.4 Å². The third-order valence-corrected chi connectivity index (χ3v) is 5.17. The van der Waals surface area contributed by atoms with Crippen molar-refractivity contribution in [2.75, 3.05) is 36.0 Å². The molecule has 4 heteroatoms. The van der Waals surface area contributed by atoms with E-state index in [-0.39, 0.29) is 0 Å². The van der Waals surface area contributed by atoms with Crippen molar-refractivity contribution in [2.24, 2.45) is 0 Å². The van der Waals surface area contributed by atoms with Gasteiger partial charge < -0.3 is 20.0 Å². The van der Waals surface area contributed by atoms with Gasteiger partial charge >= 0.3 is 0 Å². The van der Waals surface area contributed by atoms with Crippen molar-refractivity contribution in [3.05, 3.63) is 47.5 Å². The average molecular weight is 354 g/mol. The number of nitrogens with zero attached hydrogens (tertiary/aromatic N) is 2. The van der Waals surface area contributed by atoms with E-state index in [2.05, 4.69) is 35.8 Å². The maximum atomic E-state index is 10.0. The van der Waals surface area contributed by atoms with Crippen LogP contribution in [0.25, 0.3) is 0 Å². The molecule has 0 aliphatic carbocycles. The fraction of sp³-hybridized carbons (Fsp3) is 0.455. The van der Waals surface area contributed by atoms with Crippen LogP contribution in [0.15, 0.2) is 36.4 Å². The first-order chi connectivity index (χ1) is 12.6. The molecule has 140 valence electrons. The normalized spacial score (nSPS) is 14.7. The third-order valence-electron chi connectivity index (χ3n) is 5.17. The summed E-state index contributed by atoms with van der Waals surface area (Å²) in [7, 11) is 0. The van der Waals surface area contributed by atoms with Crippen LogP contribution < -0.4 is 9.80 Å². The number of anilines is 2. The topological polar surface area (TPSA) is 46.9 Å². The van der Waals surface area contributed by atoms with E-state index in [0.717, 1.165) is 63.0 Å². The van der Waals surface area contributed by atoms with Gasteiger partial charge in [-0.15, -0.1) is 0 Å². The van der Waals surface area contributed by atoms with E-state index in [0.29, 0.717) is 11.5 Å². The van der Waals surface area contributed by atoms with E-state index >= 15 is 0 Å². The molecule has 1 saturated heterocycles. The molecule has 0 aromatic heterocycles. The lowest BCUT2D eigenvalue weighted by molar-refractivity contribution is 0.467. The number of benzene rings is 2. The molecule has 2 aromatic carbocycles. The first kappa shape index (κ1) is 18.4. The van der Waals surface area contributed by atoms with Crippen LogP contribution in [0.4, 0.5) is 11.4 Å². The van der Waals surface area contributed by atoms with Crippen molar-refractivity contribution >= 4 is 11.4 Å². The first-order valence-corrected chi connectivity index (χ1v) is 9.76.